The van der Waals surface area contributed by atoms with Gasteiger partial charge in [-0.25, -0.2) is 0 Å². The van der Waals surface area contributed by atoms with Crippen LogP contribution < -0.4 is 4.46 Å². The average molecular weight is 270 g/mol. The third kappa shape index (κ3) is 4.86. The van der Waals surface area contributed by atoms with Gasteiger partial charge in [0.1, 0.15) is 0 Å². The molecule has 0 unspecified atom stereocenters. The molecular weight excluding hydrogens is 247 g/mol. The molecule has 0 aliphatic rings. The zero-order valence-electron chi connectivity index (χ0n) is 10.0. The number of rotatable bonds is 7. The van der Waals surface area contributed by atoms with Crippen LogP contribution in [0.25, 0.3) is 0 Å². The SMILES string of the molecule is CCCC[Se+](CCCC)c1ccccc1. The Morgan fingerprint density at radius 2 is 1.40 bits per heavy atom. The molecule has 0 heterocycles. The van der Waals surface area contributed by atoms with Crippen LogP contribution in [0.15, 0.2) is 30.3 Å². The predicted octanol–water partition coefficient (Wildman–Crippen LogP) is 3.99. The van der Waals surface area contributed by atoms with Crippen molar-refractivity contribution in [2.24, 2.45) is 0 Å². The molecule has 84 valence electrons. The Morgan fingerprint density at radius 3 is 1.87 bits per heavy atom. The maximum atomic E-state index is 2.34. The predicted molar refractivity (Wildman–Crippen MR) is 71.3 cm³/mol. The molecule has 0 fully saturated rings. The molecule has 1 rings (SSSR count). The molecule has 0 aromatic heterocycles. The molecule has 0 aliphatic carbocycles. The summed E-state index contributed by atoms with van der Waals surface area (Å²) in [6, 6.07) is 11.2. The summed E-state index contributed by atoms with van der Waals surface area (Å²) in [5.74, 6) is 0. The van der Waals surface area contributed by atoms with E-state index in [0.717, 1.165) is 0 Å². The van der Waals surface area contributed by atoms with Gasteiger partial charge in [0.25, 0.3) is 0 Å². The molecule has 1 aromatic rings. The van der Waals surface area contributed by atoms with Crippen molar-refractivity contribution < 1.29 is 0 Å². The molecule has 0 saturated heterocycles. The zero-order valence-corrected chi connectivity index (χ0v) is 11.8. The van der Waals surface area contributed by atoms with Gasteiger partial charge < -0.3 is 0 Å². The first-order valence-electron chi connectivity index (χ1n) is 6.11. The van der Waals surface area contributed by atoms with Crippen LogP contribution in [0.2, 0.25) is 10.6 Å². The molecular formula is C14H23Se+. The Labute approximate surface area is 99.0 Å². The second kappa shape index (κ2) is 7.96. The number of hydrogen-bond donors (Lipinski definition) is 0. The molecule has 0 saturated carbocycles. The molecule has 0 nitrogen and oxygen atoms in total. The molecule has 1 aromatic carbocycles. The minimum atomic E-state index is -0.485. The molecule has 1 heteroatoms. The van der Waals surface area contributed by atoms with Crippen molar-refractivity contribution in [3.05, 3.63) is 30.3 Å². The second-order valence-electron chi connectivity index (χ2n) is 3.92. The fourth-order valence-corrected chi connectivity index (χ4v) is 6.82. The normalized spacial score (nSPS) is 10.9. The Kier molecular flexibility index (Phi) is 6.79. The molecule has 0 spiro atoms. The summed E-state index contributed by atoms with van der Waals surface area (Å²) >= 11 is -0.485. The van der Waals surface area contributed by atoms with Gasteiger partial charge in [-0.2, -0.15) is 0 Å². The van der Waals surface area contributed by atoms with E-state index in [1.807, 2.05) is 0 Å². The van der Waals surface area contributed by atoms with Crippen LogP contribution in [0, 0.1) is 0 Å². The standard InChI is InChI=1S/C14H23Se/c1-3-5-12-15(13-6-4-2)14-10-8-7-9-11-14/h7-11H,3-6,12-13H2,1-2H3/q+1. The Hall–Kier alpha value is -0.261. The second-order valence-corrected chi connectivity index (χ2v) is 8.69. The summed E-state index contributed by atoms with van der Waals surface area (Å²) in [6.45, 7) is 4.60. The van der Waals surface area contributed by atoms with E-state index >= 15 is 0 Å². The molecule has 0 radical (unpaired) electrons. The molecule has 0 atom stereocenters. The van der Waals surface area contributed by atoms with Gasteiger partial charge in [0.2, 0.25) is 0 Å². The first-order chi connectivity index (χ1) is 7.38. The van der Waals surface area contributed by atoms with Gasteiger partial charge in [-0.3, -0.25) is 0 Å². The quantitative estimate of drug-likeness (QED) is 0.657. The Morgan fingerprint density at radius 1 is 0.867 bits per heavy atom. The molecule has 0 N–H and O–H groups in total. The third-order valence-electron chi connectivity index (χ3n) is 2.57. The van der Waals surface area contributed by atoms with E-state index in [1.165, 1.54) is 36.3 Å². The molecule has 0 bridgehead atoms. The van der Waals surface area contributed by atoms with E-state index in [-0.39, 0.29) is 0 Å². The average Bonchev–Trinajstić information content (AvgIpc) is 2.30. The van der Waals surface area contributed by atoms with Crippen LogP contribution in [0.4, 0.5) is 0 Å². The van der Waals surface area contributed by atoms with E-state index in [4.69, 9.17) is 0 Å². The van der Waals surface area contributed by atoms with Crippen LogP contribution in [0.5, 0.6) is 0 Å². The molecule has 15 heavy (non-hydrogen) atoms. The van der Waals surface area contributed by atoms with Crippen molar-refractivity contribution in [2.75, 3.05) is 0 Å². The van der Waals surface area contributed by atoms with Crippen LogP contribution >= 0.6 is 0 Å². The Bertz CT molecular complexity index is 235. The van der Waals surface area contributed by atoms with Crippen molar-refractivity contribution >= 4 is 18.4 Å². The molecule has 0 aliphatic heterocycles. The van der Waals surface area contributed by atoms with Crippen LogP contribution in [-0.2, 0) is 0 Å². The Balaban J connectivity index is 2.55. The first kappa shape index (κ1) is 12.8. The van der Waals surface area contributed by atoms with Gasteiger partial charge in [0, 0.05) is 0 Å². The van der Waals surface area contributed by atoms with Gasteiger partial charge in [0.05, 0.1) is 0 Å². The monoisotopic (exact) mass is 271 g/mol. The summed E-state index contributed by atoms with van der Waals surface area (Å²) in [5, 5.41) is 2.97. The van der Waals surface area contributed by atoms with E-state index in [0.29, 0.717) is 0 Å². The minimum absolute atomic E-state index is 0.485. The summed E-state index contributed by atoms with van der Waals surface area (Å²) in [4.78, 5) is 0. The summed E-state index contributed by atoms with van der Waals surface area (Å²) in [7, 11) is 0. The fraction of sp³-hybridized carbons (Fsp3) is 0.571. The van der Waals surface area contributed by atoms with Gasteiger partial charge >= 0.3 is 98.9 Å². The van der Waals surface area contributed by atoms with E-state index in [9.17, 15) is 0 Å². The maximum absolute atomic E-state index is 2.34. The topological polar surface area (TPSA) is 0 Å². The van der Waals surface area contributed by atoms with Gasteiger partial charge in [-0.15, -0.1) is 0 Å². The summed E-state index contributed by atoms with van der Waals surface area (Å²) < 4.78 is 1.67. The fourth-order valence-electron chi connectivity index (χ4n) is 1.59. The third-order valence-corrected chi connectivity index (χ3v) is 7.81. The van der Waals surface area contributed by atoms with Crippen LogP contribution in [-0.4, -0.2) is 13.9 Å². The first-order valence-corrected chi connectivity index (χ1v) is 9.39. The van der Waals surface area contributed by atoms with Crippen LogP contribution in [0.3, 0.4) is 0 Å². The number of benzene rings is 1. The van der Waals surface area contributed by atoms with Crippen molar-refractivity contribution in [3.63, 3.8) is 0 Å². The van der Waals surface area contributed by atoms with Crippen molar-refractivity contribution in [1.82, 2.24) is 0 Å². The van der Waals surface area contributed by atoms with Crippen molar-refractivity contribution in [3.8, 4) is 0 Å². The van der Waals surface area contributed by atoms with Crippen molar-refractivity contribution in [1.29, 1.82) is 0 Å². The number of unbranched alkanes of at least 4 members (excludes halogenated alkanes) is 2. The zero-order chi connectivity index (χ0) is 10.9. The van der Waals surface area contributed by atoms with E-state index < -0.39 is 13.9 Å². The number of hydrogen-bond acceptors (Lipinski definition) is 0. The van der Waals surface area contributed by atoms with Crippen LogP contribution in [0.1, 0.15) is 39.5 Å². The van der Waals surface area contributed by atoms with E-state index in [2.05, 4.69) is 44.2 Å². The van der Waals surface area contributed by atoms with Gasteiger partial charge in [-0.05, 0) is 0 Å². The van der Waals surface area contributed by atoms with Gasteiger partial charge in [-0.1, -0.05) is 0 Å². The van der Waals surface area contributed by atoms with Crippen molar-refractivity contribution in [2.45, 2.75) is 50.2 Å². The summed E-state index contributed by atoms with van der Waals surface area (Å²) in [6.07, 6.45) is 5.53. The summed E-state index contributed by atoms with van der Waals surface area (Å²) in [5.41, 5.74) is 0. The van der Waals surface area contributed by atoms with Gasteiger partial charge in [0.15, 0.2) is 0 Å². The van der Waals surface area contributed by atoms with E-state index in [1.54, 1.807) is 4.46 Å². The molecule has 0 amide bonds.